The minimum atomic E-state index is -1.79. The zero-order valence-corrected chi connectivity index (χ0v) is 6.24. The summed E-state index contributed by atoms with van der Waals surface area (Å²) in [7, 11) is 0. The van der Waals surface area contributed by atoms with Gasteiger partial charge in [0.15, 0.2) is 6.29 Å². The first-order chi connectivity index (χ1) is 5.54. The Labute approximate surface area is 68.7 Å². The molecule has 0 saturated heterocycles. The van der Waals surface area contributed by atoms with Crippen molar-refractivity contribution < 1.29 is 30.3 Å². The largest absolute Gasteiger partial charge is 0.394 e. The molecule has 0 spiro atoms. The van der Waals surface area contributed by atoms with Crippen molar-refractivity contribution in [2.75, 3.05) is 6.61 Å². The van der Waals surface area contributed by atoms with Gasteiger partial charge in [-0.05, 0) is 0 Å². The number of hydrogen-bond donors (Lipinski definition) is 5. The molecule has 0 saturated carbocycles. The van der Waals surface area contributed by atoms with Gasteiger partial charge in [-0.15, -0.1) is 0 Å². The van der Waals surface area contributed by atoms with Gasteiger partial charge in [-0.2, -0.15) is 0 Å². The topological polar surface area (TPSA) is 118 Å². The lowest BCUT2D eigenvalue weighted by Gasteiger charge is -2.22. The van der Waals surface area contributed by atoms with Crippen LogP contribution in [0.5, 0.6) is 0 Å². The van der Waals surface area contributed by atoms with Gasteiger partial charge >= 0.3 is 0 Å². The van der Waals surface area contributed by atoms with E-state index in [0.29, 0.717) is 0 Å². The van der Waals surface area contributed by atoms with E-state index in [1.807, 2.05) is 0 Å². The maximum Gasteiger partial charge on any atom is 0.151 e. The van der Waals surface area contributed by atoms with E-state index >= 15 is 0 Å². The van der Waals surface area contributed by atoms with Crippen LogP contribution >= 0.6 is 0 Å². The molecule has 0 aliphatic heterocycles. The highest BCUT2D eigenvalue weighted by molar-refractivity contribution is 5.56. The second-order valence-electron chi connectivity index (χ2n) is 2.36. The molecule has 0 rings (SSSR count). The molecule has 0 radical (unpaired) electrons. The summed E-state index contributed by atoms with van der Waals surface area (Å²) in [5.74, 6) is 0. The average molecular weight is 182 g/mol. The molecule has 6 nitrogen and oxygen atoms in total. The molecule has 0 aromatic heterocycles. The third-order valence-electron chi connectivity index (χ3n) is 1.42. The molecule has 0 aliphatic carbocycles. The first-order valence-corrected chi connectivity index (χ1v) is 3.33. The van der Waals surface area contributed by atoms with E-state index < -0.39 is 31.0 Å². The highest BCUT2D eigenvalue weighted by atomic mass is 16.5. The molecule has 0 aromatic rings. The van der Waals surface area contributed by atoms with Gasteiger partial charge < -0.3 is 30.3 Å². The maximum atomic E-state index is 9.90. The van der Waals surface area contributed by atoms with E-state index in [2.05, 4.69) is 0 Å². The van der Waals surface area contributed by atoms with Gasteiger partial charge in [0.2, 0.25) is 0 Å². The van der Waals surface area contributed by atoms with Gasteiger partial charge in [0.25, 0.3) is 0 Å². The average Bonchev–Trinajstić information content (AvgIpc) is 2.12. The first kappa shape index (κ1) is 11.5. The first-order valence-electron chi connectivity index (χ1n) is 3.33. The Bertz CT molecular complexity index is 138. The Morgan fingerprint density at radius 1 is 1.08 bits per heavy atom. The van der Waals surface area contributed by atoms with Crippen LogP contribution in [0.25, 0.3) is 0 Å². The summed E-state index contributed by atoms with van der Waals surface area (Å²) in [6.07, 6.45) is -6.84. The second-order valence-corrected chi connectivity index (χ2v) is 2.36. The van der Waals surface area contributed by atoms with Crippen LogP contribution in [0.3, 0.4) is 0 Å². The number of rotatable bonds is 5. The third-order valence-corrected chi connectivity index (χ3v) is 1.42. The molecule has 72 valence electrons. The highest BCUT2D eigenvalue weighted by Gasteiger charge is 2.29. The van der Waals surface area contributed by atoms with Crippen LogP contribution in [0, 0.1) is 0 Å². The summed E-state index contributed by atoms with van der Waals surface area (Å²) in [5.41, 5.74) is 0. The summed E-state index contributed by atoms with van der Waals surface area (Å²) in [5, 5.41) is 43.5. The Morgan fingerprint density at radius 3 is 1.92 bits per heavy atom. The molecule has 4 atom stereocenters. The molecule has 12 heavy (non-hydrogen) atoms. The number of aldehydes is 1. The zero-order chi connectivity index (χ0) is 9.72. The van der Waals surface area contributed by atoms with Crippen LogP contribution < -0.4 is 0 Å². The maximum absolute atomic E-state index is 9.90. The molecular weight excluding hydrogens is 170 g/mol. The van der Waals surface area contributed by atoms with Gasteiger partial charge in [0.05, 0.1) is 6.61 Å². The van der Waals surface area contributed by atoms with Crippen molar-refractivity contribution in [3.63, 3.8) is 0 Å². The molecule has 0 aromatic carbocycles. The fourth-order valence-electron chi connectivity index (χ4n) is 0.618. The molecule has 0 bridgehead atoms. The van der Waals surface area contributed by atoms with Gasteiger partial charge in [-0.3, -0.25) is 0 Å². The summed E-state index contributed by atoms with van der Waals surface area (Å²) in [4.78, 5) is 9.90. The van der Waals surface area contributed by atoms with Gasteiger partial charge in [-0.25, -0.2) is 0 Å². The van der Waals surface area contributed by atoms with Gasteiger partial charge in [-0.1, -0.05) is 0 Å². The highest BCUT2D eigenvalue weighted by Crippen LogP contribution is 2.02. The van der Waals surface area contributed by atoms with Crippen molar-refractivity contribution in [2.24, 2.45) is 0 Å². The van der Waals surface area contributed by atoms with Crippen LogP contribution in [0.2, 0.25) is 0 Å². The number of carbonyl (C=O) groups excluding carboxylic acids is 1. The summed E-state index contributed by atoms with van der Waals surface area (Å²) < 4.78 is 0. The van der Waals surface area contributed by atoms with Crippen molar-refractivity contribution in [1.29, 1.82) is 0 Å². The Hall–Kier alpha value is -0.530. The molecule has 0 amide bonds. The molecule has 0 heterocycles. The minimum Gasteiger partial charge on any atom is -0.394 e. The SMILES string of the molecule is O=C[C@H](O)[C@@H](O)[C@H](O)[C@H](O)[14CH2]O. The fraction of sp³-hybridized carbons (Fsp3) is 0.833. The van der Waals surface area contributed by atoms with Crippen LogP contribution in [0.1, 0.15) is 0 Å². The Morgan fingerprint density at radius 2 is 1.58 bits per heavy atom. The molecular formula is C6H12O6. The van der Waals surface area contributed by atoms with E-state index in [4.69, 9.17) is 25.5 Å². The molecule has 6 heteroatoms. The zero-order valence-electron chi connectivity index (χ0n) is 6.24. The van der Waals surface area contributed by atoms with E-state index in [-0.39, 0.29) is 6.29 Å². The smallest absolute Gasteiger partial charge is 0.151 e. The fourth-order valence-corrected chi connectivity index (χ4v) is 0.618. The lowest BCUT2D eigenvalue weighted by atomic mass is 10.1. The van der Waals surface area contributed by atoms with Crippen molar-refractivity contribution in [1.82, 2.24) is 0 Å². The van der Waals surface area contributed by atoms with Crippen molar-refractivity contribution in [3.05, 3.63) is 0 Å². The number of carbonyl (C=O) groups is 1. The van der Waals surface area contributed by atoms with Crippen molar-refractivity contribution in [3.8, 4) is 0 Å². The van der Waals surface area contributed by atoms with Gasteiger partial charge in [0, 0.05) is 0 Å². The Kier molecular flexibility index (Phi) is 4.95. The minimum absolute atomic E-state index is 0.0258. The summed E-state index contributed by atoms with van der Waals surface area (Å²) in [6, 6.07) is 0. The molecule has 0 unspecified atom stereocenters. The monoisotopic (exact) mass is 182 g/mol. The van der Waals surface area contributed by atoms with Crippen LogP contribution in [-0.4, -0.2) is 62.8 Å². The number of hydrogen-bond acceptors (Lipinski definition) is 6. The third kappa shape index (κ3) is 2.84. The van der Waals surface area contributed by atoms with Crippen LogP contribution in [0.15, 0.2) is 0 Å². The predicted octanol–water partition coefficient (Wildman–Crippen LogP) is -3.38. The summed E-state index contributed by atoms with van der Waals surface area (Å²) in [6.45, 7) is -0.760. The summed E-state index contributed by atoms with van der Waals surface area (Å²) >= 11 is 0. The molecule has 0 fully saturated rings. The van der Waals surface area contributed by atoms with Crippen molar-refractivity contribution in [2.45, 2.75) is 24.4 Å². The standard InChI is InChI=1S/C6H12O6/c7-1-3(9)5(11)6(12)4(10)2-8/h1,3-6,8-12H,2H2/t3-,4+,5+,6+/m0/s1/i2+2. The molecule has 5 N–H and O–H groups in total. The number of aliphatic hydroxyl groups is 5. The normalized spacial score (nSPS) is 21.1. The Balaban J connectivity index is 4.07. The lowest BCUT2D eigenvalue weighted by molar-refractivity contribution is -0.136. The van der Waals surface area contributed by atoms with Crippen molar-refractivity contribution >= 4 is 6.29 Å². The quantitative estimate of drug-likeness (QED) is 0.283. The molecule has 0 aliphatic rings. The van der Waals surface area contributed by atoms with E-state index in [1.54, 1.807) is 0 Å². The van der Waals surface area contributed by atoms with E-state index in [1.165, 1.54) is 0 Å². The van der Waals surface area contributed by atoms with Crippen LogP contribution in [0.4, 0.5) is 0 Å². The predicted molar refractivity (Wildman–Crippen MR) is 37.2 cm³/mol. The second kappa shape index (κ2) is 5.18. The van der Waals surface area contributed by atoms with E-state index in [0.717, 1.165) is 0 Å². The number of aliphatic hydroxyl groups excluding tert-OH is 5. The van der Waals surface area contributed by atoms with E-state index in [9.17, 15) is 4.79 Å². The van der Waals surface area contributed by atoms with Gasteiger partial charge in [0.1, 0.15) is 24.4 Å². The van der Waals surface area contributed by atoms with Crippen LogP contribution in [-0.2, 0) is 4.79 Å². The lowest BCUT2D eigenvalue weighted by Crippen LogP contribution is -2.46.